The predicted molar refractivity (Wildman–Crippen MR) is 143 cm³/mol. The van der Waals surface area contributed by atoms with Crippen LogP contribution in [0.4, 0.5) is 11.4 Å². The Morgan fingerprint density at radius 3 is 2.47 bits per heavy atom. The molecule has 34 heavy (non-hydrogen) atoms. The molecule has 3 aromatic rings. The van der Waals surface area contributed by atoms with Gasteiger partial charge in [-0.1, -0.05) is 43.3 Å². The Morgan fingerprint density at radius 1 is 1.00 bits per heavy atom. The van der Waals surface area contributed by atoms with Crippen LogP contribution < -0.4 is 15.4 Å². The van der Waals surface area contributed by atoms with Gasteiger partial charge in [0.1, 0.15) is 5.75 Å². The molecular weight excluding hydrogens is 422 g/mol. The highest BCUT2D eigenvalue weighted by Crippen LogP contribution is 2.23. The SMILES string of the molecule is CCN(C)CCCNC(=O)c1ccc(Nc2cccc(C=Cc3ccc(OC)cc3)c2)c(C)c1. The van der Waals surface area contributed by atoms with Gasteiger partial charge in [-0.2, -0.15) is 0 Å². The number of anilines is 2. The summed E-state index contributed by atoms with van der Waals surface area (Å²) in [6.07, 6.45) is 5.11. The third kappa shape index (κ3) is 7.49. The van der Waals surface area contributed by atoms with E-state index in [0.29, 0.717) is 12.1 Å². The molecule has 0 aromatic heterocycles. The molecule has 0 spiro atoms. The van der Waals surface area contributed by atoms with Gasteiger partial charge in [-0.25, -0.2) is 0 Å². The average molecular weight is 458 g/mol. The van der Waals surface area contributed by atoms with Gasteiger partial charge < -0.3 is 20.3 Å². The van der Waals surface area contributed by atoms with Crippen molar-refractivity contribution in [3.8, 4) is 5.75 Å². The molecule has 3 aromatic carbocycles. The Morgan fingerprint density at radius 2 is 1.76 bits per heavy atom. The van der Waals surface area contributed by atoms with Crippen molar-refractivity contribution in [2.75, 3.05) is 39.1 Å². The molecule has 0 bridgehead atoms. The van der Waals surface area contributed by atoms with Gasteiger partial charge in [-0.15, -0.1) is 0 Å². The number of carbonyl (C=O) groups excluding carboxylic acids is 1. The molecule has 178 valence electrons. The second kappa shape index (κ2) is 12.6. The summed E-state index contributed by atoms with van der Waals surface area (Å²) in [4.78, 5) is 14.7. The van der Waals surface area contributed by atoms with Gasteiger partial charge in [-0.3, -0.25) is 4.79 Å². The van der Waals surface area contributed by atoms with E-state index in [2.05, 4.69) is 53.8 Å². The zero-order valence-electron chi connectivity index (χ0n) is 20.6. The lowest BCUT2D eigenvalue weighted by Crippen LogP contribution is -2.28. The fraction of sp³-hybridized carbons (Fsp3) is 0.276. The molecule has 2 N–H and O–H groups in total. The number of rotatable bonds is 11. The number of ether oxygens (including phenoxy) is 1. The van der Waals surface area contributed by atoms with Crippen LogP contribution in [0.25, 0.3) is 12.2 Å². The van der Waals surface area contributed by atoms with Crippen LogP contribution in [-0.4, -0.2) is 44.6 Å². The summed E-state index contributed by atoms with van der Waals surface area (Å²) < 4.78 is 5.21. The first-order chi connectivity index (χ1) is 16.5. The highest BCUT2D eigenvalue weighted by molar-refractivity contribution is 5.95. The van der Waals surface area contributed by atoms with Crippen molar-refractivity contribution in [3.05, 3.63) is 89.0 Å². The van der Waals surface area contributed by atoms with E-state index in [-0.39, 0.29) is 5.91 Å². The number of carbonyl (C=O) groups is 1. The molecule has 0 unspecified atom stereocenters. The van der Waals surface area contributed by atoms with Gasteiger partial charge in [0, 0.05) is 23.5 Å². The molecule has 0 atom stereocenters. The molecule has 1 amide bonds. The van der Waals surface area contributed by atoms with Gasteiger partial charge in [0.2, 0.25) is 0 Å². The van der Waals surface area contributed by atoms with E-state index < -0.39 is 0 Å². The number of hydrogen-bond donors (Lipinski definition) is 2. The van der Waals surface area contributed by atoms with Crippen molar-refractivity contribution in [3.63, 3.8) is 0 Å². The van der Waals surface area contributed by atoms with Crippen LogP contribution in [0.5, 0.6) is 5.75 Å². The second-order valence-corrected chi connectivity index (χ2v) is 8.39. The maximum atomic E-state index is 12.5. The van der Waals surface area contributed by atoms with Crippen LogP contribution in [0.15, 0.2) is 66.7 Å². The maximum Gasteiger partial charge on any atom is 0.251 e. The molecule has 0 aliphatic carbocycles. The minimum Gasteiger partial charge on any atom is -0.497 e. The van der Waals surface area contributed by atoms with Crippen molar-refractivity contribution < 1.29 is 9.53 Å². The summed E-state index contributed by atoms with van der Waals surface area (Å²) >= 11 is 0. The molecule has 0 radical (unpaired) electrons. The number of hydrogen-bond acceptors (Lipinski definition) is 4. The lowest BCUT2D eigenvalue weighted by Gasteiger charge is -2.14. The van der Waals surface area contributed by atoms with Crippen LogP contribution in [-0.2, 0) is 0 Å². The molecule has 0 fully saturated rings. The van der Waals surface area contributed by atoms with E-state index in [0.717, 1.165) is 53.3 Å². The summed E-state index contributed by atoms with van der Waals surface area (Å²) in [6.45, 7) is 6.82. The predicted octanol–water partition coefficient (Wildman–Crippen LogP) is 5.99. The van der Waals surface area contributed by atoms with E-state index in [1.807, 2.05) is 61.5 Å². The van der Waals surface area contributed by atoms with E-state index in [9.17, 15) is 4.79 Å². The van der Waals surface area contributed by atoms with E-state index in [1.54, 1.807) is 7.11 Å². The summed E-state index contributed by atoms with van der Waals surface area (Å²) in [6, 6.07) is 22.0. The van der Waals surface area contributed by atoms with Crippen LogP contribution in [0.2, 0.25) is 0 Å². The van der Waals surface area contributed by atoms with E-state index >= 15 is 0 Å². The molecule has 5 nitrogen and oxygen atoms in total. The fourth-order valence-corrected chi connectivity index (χ4v) is 3.54. The number of nitrogens with one attached hydrogen (secondary N) is 2. The highest BCUT2D eigenvalue weighted by atomic mass is 16.5. The fourth-order valence-electron chi connectivity index (χ4n) is 3.54. The second-order valence-electron chi connectivity index (χ2n) is 8.39. The third-order valence-electron chi connectivity index (χ3n) is 5.78. The van der Waals surface area contributed by atoms with Gasteiger partial charge in [0.15, 0.2) is 0 Å². The number of methoxy groups -OCH3 is 1. The molecule has 3 rings (SSSR count). The topological polar surface area (TPSA) is 53.6 Å². The quantitative estimate of drug-likeness (QED) is 0.274. The smallest absolute Gasteiger partial charge is 0.251 e. The minimum atomic E-state index is -0.0283. The molecule has 0 aliphatic heterocycles. The molecule has 0 saturated carbocycles. The first-order valence-electron chi connectivity index (χ1n) is 11.7. The summed E-state index contributed by atoms with van der Waals surface area (Å²) in [5.74, 6) is 0.821. The lowest BCUT2D eigenvalue weighted by molar-refractivity contribution is 0.0952. The van der Waals surface area contributed by atoms with Crippen molar-refractivity contribution in [2.45, 2.75) is 20.3 Å². The number of aryl methyl sites for hydroxylation is 1. The van der Waals surface area contributed by atoms with Gasteiger partial charge in [0.05, 0.1) is 7.11 Å². The summed E-state index contributed by atoms with van der Waals surface area (Å²) in [5.41, 5.74) is 5.90. The lowest BCUT2D eigenvalue weighted by atomic mass is 10.1. The van der Waals surface area contributed by atoms with Crippen LogP contribution in [0, 0.1) is 6.92 Å². The van der Waals surface area contributed by atoms with E-state index in [4.69, 9.17) is 4.74 Å². The molecule has 0 saturated heterocycles. The van der Waals surface area contributed by atoms with Gasteiger partial charge in [-0.05, 0) is 92.6 Å². The third-order valence-corrected chi connectivity index (χ3v) is 5.78. The first kappa shape index (κ1) is 25.1. The molecule has 5 heteroatoms. The van der Waals surface area contributed by atoms with Gasteiger partial charge in [0.25, 0.3) is 5.91 Å². The molecular formula is C29H35N3O2. The normalized spacial score (nSPS) is 11.1. The Kier molecular flexibility index (Phi) is 9.30. The Bertz CT molecular complexity index is 1110. The number of amides is 1. The number of benzene rings is 3. The average Bonchev–Trinajstić information content (AvgIpc) is 2.86. The largest absolute Gasteiger partial charge is 0.497 e. The van der Waals surface area contributed by atoms with Crippen LogP contribution in [0.3, 0.4) is 0 Å². The Hall–Kier alpha value is -3.57. The van der Waals surface area contributed by atoms with Crippen molar-refractivity contribution in [2.24, 2.45) is 0 Å². The zero-order valence-corrected chi connectivity index (χ0v) is 20.6. The standard InChI is InChI=1S/C29H35N3O2/c1-5-32(3)19-7-18-30-29(33)25-14-17-28(22(2)20-25)31-26-9-6-8-24(21-26)11-10-23-12-15-27(34-4)16-13-23/h6,8-17,20-21,31H,5,7,18-19H2,1-4H3,(H,30,33). The zero-order chi connectivity index (χ0) is 24.3. The Labute approximate surface area is 203 Å². The number of nitrogens with zero attached hydrogens (tertiary/aromatic N) is 1. The monoisotopic (exact) mass is 457 g/mol. The van der Waals surface area contributed by atoms with Crippen LogP contribution in [0.1, 0.15) is 40.4 Å². The van der Waals surface area contributed by atoms with Gasteiger partial charge >= 0.3 is 0 Å². The molecule has 0 heterocycles. The summed E-state index contributed by atoms with van der Waals surface area (Å²) in [5, 5.41) is 6.49. The first-order valence-corrected chi connectivity index (χ1v) is 11.7. The van der Waals surface area contributed by atoms with Crippen molar-refractivity contribution in [1.82, 2.24) is 10.2 Å². The molecule has 0 aliphatic rings. The highest BCUT2D eigenvalue weighted by Gasteiger charge is 2.08. The Balaban J connectivity index is 1.59. The van der Waals surface area contributed by atoms with Crippen molar-refractivity contribution in [1.29, 1.82) is 0 Å². The van der Waals surface area contributed by atoms with E-state index in [1.165, 1.54) is 0 Å². The van der Waals surface area contributed by atoms with Crippen LogP contribution >= 0.6 is 0 Å². The minimum absolute atomic E-state index is 0.0283. The van der Waals surface area contributed by atoms with Crippen molar-refractivity contribution >= 4 is 29.4 Å². The summed E-state index contributed by atoms with van der Waals surface area (Å²) in [7, 11) is 3.76. The maximum absolute atomic E-state index is 12.5.